The van der Waals surface area contributed by atoms with Gasteiger partial charge in [0.2, 0.25) is 5.91 Å². The van der Waals surface area contributed by atoms with Gasteiger partial charge in [-0.3, -0.25) is 9.10 Å². The van der Waals surface area contributed by atoms with E-state index in [1.54, 1.807) is 61.7 Å². The first kappa shape index (κ1) is 26.4. The second-order valence-corrected chi connectivity index (χ2v) is 10.2. The molecule has 0 atom stereocenters. The minimum atomic E-state index is -4.05. The number of anilines is 1. The fraction of sp³-hybridized carbons (Fsp3) is 0.240. The summed E-state index contributed by atoms with van der Waals surface area (Å²) in [4.78, 5) is 12.7. The lowest BCUT2D eigenvalue weighted by Gasteiger charge is -2.24. The van der Waals surface area contributed by atoms with Gasteiger partial charge in [0.25, 0.3) is 10.0 Å². The number of amides is 1. The largest absolute Gasteiger partial charge is 0.497 e. The van der Waals surface area contributed by atoms with Crippen molar-refractivity contribution in [3.63, 3.8) is 0 Å². The summed E-state index contributed by atoms with van der Waals surface area (Å²) in [7, 11) is -0.968. The van der Waals surface area contributed by atoms with E-state index >= 15 is 0 Å². The first-order chi connectivity index (χ1) is 16.7. The summed E-state index contributed by atoms with van der Waals surface area (Å²) in [6.07, 6.45) is 0. The third-order valence-electron chi connectivity index (χ3n) is 5.07. The molecule has 1 amide bonds. The average Bonchev–Trinajstić information content (AvgIpc) is 2.86. The molecule has 1 N–H and O–H groups in total. The summed E-state index contributed by atoms with van der Waals surface area (Å²) >= 11 is 3.33. The minimum absolute atomic E-state index is 0.0291. The van der Waals surface area contributed by atoms with Crippen LogP contribution in [0.5, 0.6) is 17.2 Å². The summed E-state index contributed by atoms with van der Waals surface area (Å²) in [6, 6.07) is 18.5. The molecule has 0 bridgehead atoms. The van der Waals surface area contributed by atoms with Crippen molar-refractivity contribution in [2.45, 2.75) is 11.8 Å². The molecule has 3 aromatic carbocycles. The number of halogens is 1. The Kier molecular flexibility index (Phi) is 9.00. The highest BCUT2D eigenvalue weighted by Gasteiger charge is 2.28. The molecule has 0 aliphatic carbocycles. The van der Waals surface area contributed by atoms with Crippen LogP contribution in [0.2, 0.25) is 0 Å². The van der Waals surface area contributed by atoms with Crippen LogP contribution in [0.1, 0.15) is 5.56 Å². The van der Waals surface area contributed by atoms with Crippen LogP contribution in [0.25, 0.3) is 0 Å². The molecule has 0 heterocycles. The molecule has 35 heavy (non-hydrogen) atoms. The van der Waals surface area contributed by atoms with Gasteiger partial charge in [0.15, 0.2) is 0 Å². The molecule has 0 spiro atoms. The van der Waals surface area contributed by atoms with Crippen LogP contribution < -0.4 is 23.8 Å². The van der Waals surface area contributed by atoms with E-state index in [1.165, 1.54) is 19.2 Å². The van der Waals surface area contributed by atoms with Crippen LogP contribution in [-0.4, -0.2) is 48.2 Å². The Morgan fingerprint density at radius 2 is 1.60 bits per heavy atom. The molecule has 0 saturated carbocycles. The zero-order valence-corrected chi connectivity index (χ0v) is 22.1. The number of hydrogen-bond donors (Lipinski definition) is 1. The van der Waals surface area contributed by atoms with Gasteiger partial charge < -0.3 is 19.5 Å². The summed E-state index contributed by atoms with van der Waals surface area (Å²) < 4.78 is 44.5. The van der Waals surface area contributed by atoms with Gasteiger partial charge in [0.05, 0.1) is 35.8 Å². The minimum Gasteiger partial charge on any atom is -0.497 e. The van der Waals surface area contributed by atoms with Crippen molar-refractivity contribution in [1.29, 1.82) is 0 Å². The summed E-state index contributed by atoms with van der Waals surface area (Å²) in [6.45, 7) is 1.94. The molecule has 0 aromatic heterocycles. The maximum Gasteiger partial charge on any atom is 0.264 e. The fourth-order valence-electron chi connectivity index (χ4n) is 3.18. The van der Waals surface area contributed by atoms with Crippen LogP contribution in [-0.2, 0) is 14.8 Å². The number of sulfonamides is 1. The molecule has 0 fully saturated rings. The van der Waals surface area contributed by atoms with Crippen molar-refractivity contribution < 1.29 is 27.4 Å². The lowest BCUT2D eigenvalue weighted by atomic mass is 10.2. The van der Waals surface area contributed by atoms with Crippen LogP contribution in [0.3, 0.4) is 0 Å². The molecule has 0 unspecified atom stereocenters. The number of ether oxygens (including phenoxy) is 3. The summed E-state index contributed by atoms with van der Waals surface area (Å²) in [5.41, 5.74) is 1.35. The van der Waals surface area contributed by atoms with Crippen molar-refractivity contribution in [3.05, 3.63) is 76.8 Å². The van der Waals surface area contributed by atoms with Gasteiger partial charge >= 0.3 is 0 Å². The summed E-state index contributed by atoms with van der Waals surface area (Å²) in [5, 5.41) is 2.72. The van der Waals surface area contributed by atoms with Crippen LogP contribution in [0.4, 0.5) is 5.69 Å². The zero-order chi connectivity index (χ0) is 25.4. The quantitative estimate of drug-likeness (QED) is 0.352. The average molecular weight is 563 g/mol. The van der Waals surface area contributed by atoms with Crippen molar-refractivity contribution in [1.82, 2.24) is 5.32 Å². The molecule has 0 saturated heterocycles. The predicted octanol–water partition coefficient (Wildman–Crippen LogP) is 4.17. The molecular weight excluding hydrogens is 536 g/mol. The predicted molar refractivity (Wildman–Crippen MR) is 138 cm³/mol. The Hall–Kier alpha value is -3.24. The smallest absolute Gasteiger partial charge is 0.264 e. The highest BCUT2D eigenvalue weighted by atomic mass is 79.9. The SMILES string of the molecule is COc1ccc(OCCNC(=O)CN(c2ccc(C)cc2)S(=O)(=O)c2ccc(OC)c(Br)c2)cc1. The normalized spacial score (nSPS) is 11.0. The monoisotopic (exact) mass is 562 g/mol. The lowest BCUT2D eigenvalue weighted by Crippen LogP contribution is -2.41. The number of carbonyl (C=O) groups is 1. The maximum absolute atomic E-state index is 13.5. The summed E-state index contributed by atoms with van der Waals surface area (Å²) in [5.74, 6) is 1.39. The van der Waals surface area contributed by atoms with E-state index in [0.717, 1.165) is 9.87 Å². The Bertz CT molecular complexity index is 1250. The van der Waals surface area contributed by atoms with Gasteiger partial charge in [-0.05, 0) is 77.5 Å². The Balaban J connectivity index is 1.71. The first-order valence-electron chi connectivity index (χ1n) is 10.7. The maximum atomic E-state index is 13.5. The standard InChI is InChI=1S/C25H27BrN2O6S/c1-18-4-6-19(7-5-18)28(35(30,31)22-12-13-24(33-3)23(26)16-22)17-25(29)27-14-15-34-21-10-8-20(32-2)9-11-21/h4-13,16H,14-15,17H2,1-3H3,(H,27,29). The van der Waals surface area contributed by atoms with Crippen molar-refractivity contribution in [2.24, 2.45) is 0 Å². The number of hydrogen-bond acceptors (Lipinski definition) is 6. The molecule has 3 rings (SSSR count). The molecule has 0 aliphatic heterocycles. The molecule has 0 radical (unpaired) electrons. The van der Waals surface area contributed by atoms with Gasteiger partial charge in [0.1, 0.15) is 30.4 Å². The van der Waals surface area contributed by atoms with Crippen LogP contribution >= 0.6 is 15.9 Å². The van der Waals surface area contributed by atoms with Crippen molar-refractivity contribution in [2.75, 3.05) is 38.2 Å². The number of benzene rings is 3. The van der Waals surface area contributed by atoms with Gasteiger partial charge in [-0.2, -0.15) is 0 Å². The number of nitrogens with zero attached hydrogens (tertiary/aromatic N) is 1. The fourth-order valence-corrected chi connectivity index (χ4v) is 5.32. The Labute approximate surface area is 214 Å². The second kappa shape index (κ2) is 11.9. The van der Waals surface area contributed by atoms with Crippen LogP contribution in [0.15, 0.2) is 76.1 Å². The van der Waals surface area contributed by atoms with E-state index < -0.39 is 22.5 Å². The number of methoxy groups -OCH3 is 2. The van der Waals surface area contributed by atoms with E-state index in [1.807, 2.05) is 6.92 Å². The Morgan fingerprint density at radius 1 is 0.943 bits per heavy atom. The van der Waals surface area contributed by atoms with E-state index in [-0.39, 0.29) is 18.0 Å². The number of carbonyl (C=O) groups excluding carboxylic acids is 1. The zero-order valence-electron chi connectivity index (χ0n) is 19.7. The second-order valence-electron chi connectivity index (χ2n) is 7.52. The molecule has 3 aromatic rings. The van der Waals surface area contributed by atoms with E-state index in [4.69, 9.17) is 14.2 Å². The lowest BCUT2D eigenvalue weighted by molar-refractivity contribution is -0.119. The molecule has 8 nitrogen and oxygen atoms in total. The molecule has 186 valence electrons. The number of aryl methyl sites for hydroxylation is 1. The van der Waals surface area contributed by atoms with Crippen LogP contribution in [0, 0.1) is 6.92 Å². The van der Waals surface area contributed by atoms with E-state index in [2.05, 4.69) is 21.2 Å². The topological polar surface area (TPSA) is 94.2 Å². The van der Waals surface area contributed by atoms with E-state index in [9.17, 15) is 13.2 Å². The molecule has 10 heteroatoms. The number of nitrogens with one attached hydrogen (secondary N) is 1. The first-order valence-corrected chi connectivity index (χ1v) is 12.9. The Morgan fingerprint density at radius 3 is 2.20 bits per heavy atom. The highest BCUT2D eigenvalue weighted by Crippen LogP contribution is 2.30. The molecular formula is C25H27BrN2O6S. The third kappa shape index (κ3) is 6.89. The van der Waals surface area contributed by atoms with Gasteiger partial charge in [-0.25, -0.2) is 8.42 Å². The third-order valence-corrected chi connectivity index (χ3v) is 7.46. The number of rotatable bonds is 11. The van der Waals surface area contributed by atoms with Crippen molar-refractivity contribution in [3.8, 4) is 17.2 Å². The van der Waals surface area contributed by atoms with Gasteiger partial charge in [-0.1, -0.05) is 17.7 Å². The van der Waals surface area contributed by atoms with Gasteiger partial charge in [0, 0.05) is 0 Å². The highest BCUT2D eigenvalue weighted by molar-refractivity contribution is 9.10. The van der Waals surface area contributed by atoms with Crippen molar-refractivity contribution >= 4 is 37.5 Å². The molecule has 0 aliphatic rings. The van der Waals surface area contributed by atoms with Gasteiger partial charge in [-0.15, -0.1) is 0 Å². The van der Waals surface area contributed by atoms with E-state index in [0.29, 0.717) is 27.4 Å².